The fraction of sp³-hybridized carbons (Fsp3) is 0.167. The maximum absolute atomic E-state index is 12.1. The average Bonchev–Trinajstić information content (AvgIpc) is 2.53. The first-order valence-electron chi connectivity index (χ1n) is 7.25. The Balaban J connectivity index is 1.93. The van der Waals surface area contributed by atoms with Crippen molar-refractivity contribution in [1.82, 2.24) is 5.32 Å². The molecule has 0 fully saturated rings. The third-order valence-corrected chi connectivity index (χ3v) is 3.43. The molecule has 2 aromatic carbocycles. The quantitative estimate of drug-likeness (QED) is 0.748. The SMILES string of the molecule is C=CCOc1cccc(NC(=O)NC(C)c2ccc(Cl)cc2)c1. The van der Waals surface area contributed by atoms with Crippen molar-refractivity contribution in [2.75, 3.05) is 11.9 Å². The summed E-state index contributed by atoms with van der Waals surface area (Å²) in [6.07, 6.45) is 1.67. The molecule has 5 heteroatoms. The minimum atomic E-state index is -0.284. The molecule has 2 aromatic rings. The van der Waals surface area contributed by atoms with Crippen LogP contribution < -0.4 is 15.4 Å². The second-order valence-electron chi connectivity index (χ2n) is 5.00. The molecule has 0 saturated heterocycles. The van der Waals surface area contributed by atoms with Crippen LogP contribution in [0.15, 0.2) is 61.2 Å². The maximum atomic E-state index is 12.1. The van der Waals surface area contributed by atoms with Gasteiger partial charge in [0.2, 0.25) is 0 Å². The summed E-state index contributed by atoms with van der Waals surface area (Å²) < 4.78 is 5.44. The number of anilines is 1. The van der Waals surface area contributed by atoms with Crippen LogP contribution in [0.3, 0.4) is 0 Å². The minimum absolute atomic E-state index is 0.132. The first-order valence-corrected chi connectivity index (χ1v) is 7.63. The zero-order valence-corrected chi connectivity index (χ0v) is 13.6. The highest BCUT2D eigenvalue weighted by Crippen LogP contribution is 2.19. The van der Waals surface area contributed by atoms with E-state index in [2.05, 4.69) is 17.2 Å². The molecule has 2 amide bonds. The maximum Gasteiger partial charge on any atom is 0.319 e. The summed E-state index contributed by atoms with van der Waals surface area (Å²) in [5, 5.41) is 6.33. The van der Waals surface area contributed by atoms with Crippen molar-refractivity contribution in [2.24, 2.45) is 0 Å². The molecule has 23 heavy (non-hydrogen) atoms. The topological polar surface area (TPSA) is 50.4 Å². The molecule has 0 heterocycles. The average molecular weight is 331 g/mol. The zero-order chi connectivity index (χ0) is 16.7. The monoisotopic (exact) mass is 330 g/mol. The Hall–Kier alpha value is -2.46. The molecule has 0 saturated carbocycles. The van der Waals surface area contributed by atoms with Crippen LogP contribution in [-0.2, 0) is 0 Å². The highest BCUT2D eigenvalue weighted by atomic mass is 35.5. The van der Waals surface area contributed by atoms with Crippen LogP contribution in [0.4, 0.5) is 10.5 Å². The second kappa shape index (κ2) is 8.25. The van der Waals surface area contributed by atoms with Gasteiger partial charge in [0, 0.05) is 16.8 Å². The van der Waals surface area contributed by atoms with Gasteiger partial charge in [-0.1, -0.05) is 42.5 Å². The molecule has 1 atom stereocenters. The largest absolute Gasteiger partial charge is 0.489 e. The van der Waals surface area contributed by atoms with Gasteiger partial charge in [0.05, 0.1) is 6.04 Å². The normalized spacial score (nSPS) is 11.4. The number of rotatable bonds is 6. The van der Waals surface area contributed by atoms with Gasteiger partial charge in [-0.05, 0) is 36.8 Å². The van der Waals surface area contributed by atoms with Crippen LogP contribution in [-0.4, -0.2) is 12.6 Å². The van der Waals surface area contributed by atoms with Crippen molar-refractivity contribution in [3.63, 3.8) is 0 Å². The predicted octanol–water partition coefficient (Wildman–Crippen LogP) is 4.79. The standard InChI is InChI=1S/C18H19ClN2O2/c1-3-11-23-17-6-4-5-16(12-17)21-18(22)20-13(2)14-7-9-15(19)10-8-14/h3-10,12-13H,1,11H2,2H3,(H2,20,21,22). The molecule has 1 unspecified atom stereocenters. The van der Waals surface area contributed by atoms with E-state index in [9.17, 15) is 4.79 Å². The number of nitrogens with one attached hydrogen (secondary N) is 2. The van der Waals surface area contributed by atoms with Crippen LogP contribution >= 0.6 is 11.6 Å². The molecule has 0 aliphatic heterocycles. The summed E-state index contributed by atoms with van der Waals surface area (Å²) in [5.41, 5.74) is 1.64. The molecule has 0 aromatic heterocycles. The van der Waals surface area contributed by atoms with Crippen molar-refractivity contribution >= 4 is 23.3 Å². The number of carbonyl (C=O) groups is 1. The zero-order valence-electron chi connectivity index (χ0n) is 12.9. The summed E-state index contributed by atoms with van der Waals surface area (Å²) in [6, 6.07) is 14.2. The van der Waals surface area contributed by atoms with E-state index in [1.54, 1.807) is 30.3 Å². The second-order valence-corrected chi connectivity index (χ2v) is 5.44. The Kier molecular flexibility index (Phi) is 6.06. The van der Waals surface area contributed by atoms with Gasteiger partial charge in [0.15, 0.2) is 0 Å². The van der Waals surface area contributed by atoms with Crippen LogP contribution in [0.1, 0.15) is 18.5 Å². The Morgan fingerprint density at radius 1 is 1.30 bits per heavy atom. The smallest absolute Gasteiger partial charge is 0.319 e. The van der Waals surface area contributed by atoms with Crippen molar-refractivity contribution in [1.29, 1.82) is 0 Å². The molecule has 120 valence electrons. The molecule has 0 radical (unpaired) electrons. The van der Waals surface area contributed by atoms with Crippen LogP contribution in [0, 0.1) is 0 Å². The lowest BCUT2D eigenvalue weighted by Crippen LogP contribution is -2.31. The highest BCUT2D eigenvalue weighted by molar-refractivity contribution is 6.30. The predicted molar refractivity (Wildman–Crippen MR) is 94.2 cm³/mol. The Bertz CT molecular complexity index is 671. The number of ether oxygens (including phenoxy) is 1. The van der Waals surface area contributed by atoms with Crippen molar-refractivity contribution < 1.29 is 9.53 Å². The summed E-state index contributed by atoms with van der Waals surface area (Å²) in [4.78, 5) is 12.1. The van der Waals surface area contributed by atoms with E-state index in [4.69, 9.17) is 16.3 Å². The van der Waals surface area contributed by atoms with Crippen LogP contribution in [0.5, 0.6) is 5.75 Å². The highest BCUT2D eigenvalue weighted by Gasteiger charge is 2.09. The van der Waals surface area contributed by atoms with E-state index in [1.165, 1.54) is 0 Å². The summed E-state index contributed by atoms with van der Waals surface area (Å²) in [7, 11) is 0. The molecule has 0 bridgehead atoms. The first-order chi connectivity index (χ1) is 11.1. The van der Waals surface area contributed by atoms with Gasteiger partial charge in [-0.2, -0.15) is 0 Å². The van der Waals surface area contributed by atoms with E-state index >= 15 is 0 Å². The van der Waals surface area contributed by atoms with E-state index in [0.29, 0.717) is 23.1 Å². The van der Waals surface area contributed by atoms with E-state index in [0.717, 1.165) is 5.56 Å². The third-order valence-electron chi connectivity index (χ3n) is 3.18. The van der Waals surface area contributed by atoms with Crippen molar-refractivity contribution in [3.8, 4) is 5.75 Å². The molecule has 0 spiro atoms. The van der Waals surface area contributed by atoms with Gasteiger partial charge >= 0.3 is 6.03 Å². The lowest BCUT2D eigenvalue weighted by atomic mass is 10.1. The molecule has 4 nitrogen and oxygen atoms in total. The number of hydrogen-bond donors (Lipinski definition) is 2. The third kappa shape index (κ3) is 5.34. The number of hydrogen-bond acceptors (Lipinski definition) is 2. The molecule has 2 N–H and O–H groups in total. The summed E-state index contributed by atoms with van der Waals surface area (Å²) in [6.45, 7) is 5.93. The Morgan fingerprint density at radius 2 is 2.04 bits per heavy atom. The first kappa shape index (κ1) is 16.9. The van der Waals surface area contributed by atoms with E-state index in [-0.39, 0.29) is 12.1 Å². The number of amides is 2. The van der Waals surface area contributed by atoms with Gasteiger partial charge in [0.25, 0.3) is 0 Å². The number of halogens is 1. The fourth-order valence-electron chi connectivity index (χ4n) is 2.02. The van der Waals surface area contributed by atoms with Gasteiger partial charge < -0.3 is 15.4 Å². The minimum Gasteiger partial charge on any atom is -0.489 e. The number of urea groups is 1. The van der Waals surface area contributed by atoms with Gasteiger partial charge in [-0.25, -0.2) is 4.79 Å². The van der Waals surface area contributed by atoms with Crippen molar-refractivity contribution in [2.45, 2.75) is 13.0 Å². The molecule has 0 aliphatic rings. The number of carbonyl (C=O) groups excluding carboxylic acids is 1. The van der Waals surface area contributed by atoms with E-state index in [1.807, 2.05) is 31.2 Å². The lowest BCUT2D eigenvalue weighted by Gasteiger charge is -2.15. The van der Waals surface area contributed by atoms with Crippen LogP contribution in [0.25, 0.3) is 0 Å². The Labute approximate surface area is 141 Å². The van der Waals surface area contributed by atoms with E-state index < -0.39 is 0 Å². The molecular weight excluding hydrogens is 312 g/mol. The molecular formula is C18H19ClN2O2. The molecule has 2 rings (SSSR count). The van der Waals surface area contributed by atoms with Gasteiger partial charge in [0.1, 0.15) is 12.4 Å². The van der Waals surface area contributed by atoms with Gasteiger partial charge in [-0.15, -0.1) is 0 Å². The molecule has 0 aliphatic carbocycles. The summed E-state index contributed by atoms with van der Waals surface area (Å²) >= 11 is 5.86. The summed E-state index contributed by atoms with van der Waals surface area (Å²) in [5.74, 6) is 0.674. The van der Waals surface area contributed by atoms with Crippen molar-refractivity contribution in [3.05, 3.63) is 71.8 Å². The number of benzene rings is 2. The van der Waals surface area contributed by atoms with Gasteiger partial charge in [-0.3, -0.25) is 0 Å². The Morgan fingerprint density at radius 3 is 2.74 bits per heavy atom. The fourth-order valence-corrected chi connectivity index (χ4v) is 2.14. The lowest BCUT2D eigenvalue weighted by molar-refractivity contribution is 0.249. The van der Waals surface area contributed by atoms with Crippen LogP contribution in [0.2, 0.25) is 5.02 Å².